The molecule has 0 aliphatic carbocycles. The Kier molecular flexibility index (Phi) is 9.48. The molecule has 3 nitrogen and oxygen atoms in total. The van der Waals surface area contributed by atoms with Crippen molar-refractivity contribution in [1.29, 1.82) is 0 Å². The molecule has 0 aromatic heterocycles. The molecule has 1 atom stereocenters. The zero-order valence-electron chi connectivity index (χ0n) is 14.0. The van der Waals surface area contributed by atoms with Crippen LogP contribution in [0.4, 0.5) is 0 Å². The Hall–Kier alpha value is -0.320. The Labute approximate surface area is 153 Å². The molecule has 2 aliphatic rings. The van der Waals surface area contributed by atoms with Gasteiger partial charge in [-0.25, -0.2) is 0 Å². The lowest BCUT2D eigenvalue weighted by Crippen LogP contribution is -2.47. The van der Waals surface area contributed by atoms with Gasteiger partial charge in [-0.2, -0.15) is 0 Å². The lowest BCUT2D eigenvalue weighted by Gasteiger charge is -2.41. The van der Waals surface area contributed by atoms with E-state index in [1.54, 1.807) is 0 Å². The largest absolute Gasteiger partial charge is 0.381 e. The number of benzene rings is 1. The van der Waals surface area contributed by atoms with Crippen LogP contribution in [0.15, 0.2) is 24.3 Å². The Bertz CT molecular complexity index is 411. The Morgan fingerprint density at radius 2 is 1.70 bits per heavy atom. The van der Waals surface area contributed by atoms with E-state index in [0.717, 1.165) is 51.7 Å². The van der Waals surface area contributed by atoms with Crippen LogP contribution in [-0.2, 0) is 11.2 Å². The van der Waals surface area contributed by atoms with Crippen LogP contribution in [0, 0.1) is 5.92 Å². The van der Waals surface area contributed by atoms with Crippen molar-refractivity contribution in [3.63, 3.8) is 0 Å². The fraction of sp³-hybridized carbons (Fsp3) is 0.667. The minimum atomic E-state index is 0. The molecule has 0 amide bonds. The summed E-state index contributed by atoms with van der Waals surface area (Å²) in [6.45, 7) is 8.65. The normalized spacial score (nSPS) is 21.1. The highest BCUT2D eigenvalue weighted by Crippen LogP contribution is 2.35. The summed E-state index contributed by atoms with van der Waals surface area (Å²) in [6, 6.07) is 9.91. The maximum absolute atomic E-state index is 5.58. The molecule has 2 fully saturated rings. The van der Waals surface area contributed by atoms with Crippen molar-refractivity contribution in [2.24, 2.45) is 5.92 Å². The zero-order valence-corrected chi connectivity index (χ0v) is 15.6. The van der Waals surface area contributed by atoms with Crippen molar-refractivity contribution in [1.82, 2.24) is 10.2 Å². The number of nitrogens with one attached hydrogen (secondary N) is 1. The summed E-state index contributed by atoms with van der Waals surface area (Å²) in [5, 5.41) is 3.48. The van der Waals surface area contributed by atoms with E-state index in [-0.39, 0.29) is 24.8 Å². The summed E-state index contributed by atoms with van der Waals surface area (Å²) in [6.07, 6.45) is 3.52. The van der Waals surface area contributed by atoms with E-state index in [9.17, 15) is 0 Å². The molecular formula is C18H30Cl2N2O. The van der Waals surface area contributed by atoms with Crippen molar-refractivity contribution >= 4 is 24.8 Å². The van der Waals surface area contributed by atoms with Crippen LogP contribution in [0.2, 0.25) is 0 Å². The smallest absolute Gasteiger partial charge is 0.0469 e. The van der Waals surface area contributed by atoms with Crippen LogP contribution in [0.5, 0.6) is 0 Å². The van der Waals surface area contributed by atoms with Crippen LogP contribution < -0.4 is 5.32 Å². The van der Waals surface area contributed by atoms with Crippen LogP contribution in [0.3, 0.4) is 0 Å². The van der Waals surface area contributed by atoms with E-state index >= 15 is 0 Å². The number of nitrogens with zero attached hydrogens (tertiary/aromatic N) is 1. The molecule has 0 saturated carbocycles. The minimum Gasteiger partial charge on any atom is -0.381 e. The first-order valence-corrected chi connectivity index (χ1v) is 8.50. The van der Waals surface area contributed by atoms with Crippen molar-refractivity contribution in [3.05, 3.63) is 35.4 Å². The quantitative estimate of drug-likeness (QED) is 0.889. The Morgan fingerprint density at radius 1 is 1.09 bits per heavy atom. The highest BCUT2D eigenvalue weighted by molar-refractivity contribution is 5.85. The molecule has 2 aliphatic heterocycles. The lowest BCUT2D eigenvalue weighted by molar-refractivity contribution is 0.0213. The first-order valence-electron chi connectivity index (χ1n) is 8.50. The van der Waals surface area contributed by atoms with Gasteiger partial charge in [0.2, 0.25) is 0 Å². The lowest BCUT2D eigenvalue weighted by atomic mass is 9.85. The van der Waals surface area contributed by atoms with E-state index < -0.39 is 0 Å². The molecule has 0 spiro atoms. The molecule has 5 heteroatoms. The summed E-state index contributed by atoms with van der Waals surface area (Å²) in [4.78, 5) is 2.69. The van der Waals surface area contributed by atoms with Crippen LogP contribution in [0.1, 0.15) is 36.9 Å². The minimum absolute atomic E-state index is 0. The fourth-order valence-corrected chi connectivity index (χ4v) is 3.72. The molecule has 2 heterocycles. The van der Waals surface area contributed by atoms with Gasteiger partial charge in [-0.05, 0) is 36.3 Å². The third-order valence-electron chi connectivity index (χ3n) is 4.99. The van der Waals surface area contributed by atoms with Crippen molar-refractivity contribution < 1.29 is 4.74 Å². The van der Waals surface area contributed by atoms with E-state index in [2.05, 4.69) is 41.4 Å². The number of aryl methyl sites for hydroxylation is 1. The molecule has 1 aromatic rings. The second-order valence-electron chi connectivity index (χ2n) is 6.28. The van der Waals surface area contributed by atoms with Gasteiger partial charge in [-0.1, -0.05) is 31.2 Å². The zero-order chi connectivity index (χ0) is 14.5. The second kappa shape index (κ2) is 10.5. The van der Waals surface area contributed by atoms with Gasteiger partial charge >= 0.3 is 0 Å². The van der Waals surface area contributed by atoms with Crippen LogP contribution in [0.25, 0.3) is 0 Å². The van der Waals surface area contributed by atoms with Crippen molar-refractivity contribution in [2.75, 3.05) is 39.4 Å². The number of hydrogen-bond donors (Lipinski definition) is 1. The SMILES string of the molecule is CCc1ccc([C@@H](C2CCOCC2)N2CCNCC2)cc1.Cl.Cl. The van der Waals surface area contributed by atoms with Gasteiger partial charge in [0.1, 0.15) is 0 Å². The predicted octanol–water partition coefficient (Wildman–Crippen LogP) is 3.47. The number of ether oxygens (including phenoxy) is 1. The van der Waals surface area contributed by atoms with Crippen LogP contribution in [-0.4, -0.2) is 44.3 Å². The number of halogens is 2. The Balaban J connectivity index is 0.00000132. The molecule has 3 rings (SSSR count). The monoisotopic (exact) mass is 360 g/mol. The summed E-state index contributed by atoms with van der Waals surface area (Å²) in [5.74, 6) is 0.740. The average molecular weight is 361 g/mol. The van der Waals surface area contributed by atoms with Crippen molar-refractivity contribution in [3.8, 4) is 0 Å². The summed E-state index contributed by atoms with van der Waals surface area (Å²) in [7, 11) is 0. The van der Waals surface area contributed by atoms with Gasteiger partial charge in [-0.3, -0.25) is 4.90 Å². The first-order chi connectivity index (χ1) is 10.4. The van der Waals surface area contributed by atoms with E-state index in [4.69, 9.17) is 4.74 Å². The molecule has 0 radical (unpaired) electrons. The Morgan fingerprint density at radius 3 is 2.26 bits per heavy atom. The number of piperazine rings is 1. The van der Waals surface area contributed by atoms with E-state index in [1.165, 1.54) is 24.0 Å². The second-order valence-corrected chi connectivity index (χ2v) is 6.28. The summed E-state index contributed by atoms with van der Waals surface area (Å²) in [5.41, 5.74) is 2.94. The number of rotatable bonds is 4. The summed E-state index contributed by atoms with van der Waals surface area (Å²) >= 11 is 0. The third-order valence-corrected chi connectivity index (χ3v) is 4.99. The molecule has 2 saturated heterocycles. The molecule has 23 heavy (non-hydrogen) atoms. The highest BCUT2D eigenvalue weighted by atomic mass is 35.5. The van der Waals surface area contributed by atoms with Gasteiger partial charge < -0.3 is 10.1 Å². The molecule has 1 N–H and O–H groups in total. The third kappa shape index (κ3) is 5.33. The van der Waals surface area contributed by atoms with Gasteiger partial charge in [0.15, 0.2) is 0 Å². The highest BCUT2D eigenvalue weighted by Gasteiger charge is 2.31. The standard InChI is InChI=1S/C18H28N2O.2ClH/c1-2-15-3-5-16(6-4-15)18(17-7-13-21-14-8-17)20-11-9-19-10-12-20;;/h3-6,17-19H,2,7-14H2,1H3;2*1H/t18-;;/m0../s1. The van der Waals surface area contributed by atoms with E-state index in [0.29, 0.717) is 6.04 Å². The van der Waals surface area contributed by atoms with Gasteiger partial charge in [0, 0.05) is 45.4 Å². The van der Waals surface area contributed by atoms with Crippen molar-refractivity contribution in [2.45, 2.75) is 32.2 Å². The first kappa shape index (κ1) is 20.7. The fourth-order valence-electron chi connectivity index (χ4n) is 3.72. The number of hydrogen-bond acceptors (Lipinski definition) is 3. The topological polar surface area (TPSA) is 24.5 Å². The molecule has 1 aromatic carbocycles. The van der Waals surface area contributed by atoms with Gasteiger partial charge in [0.25, 0.3) is 0 Å². The average Bonchev–Trinajstić information content (AvgIpc) is 2.58. The van der Waals surface area contributed by atoms with Gasteiger partial charge in [0.05, 0.1) is 0 Å². The maximum Gasteiger partial charge on any atom is 0.0469 e. The van der Waals surface area contributed by atoms with E-state index in [1.807, 2.05) is 0 Å². The summed E-state index contributed by atoms with van der Waals surface area (Å²) < 4.78 is 5.58. The predicted molar refractivity (Wildman–Crippen MR) is 101 cm³/mol. The molecule has 0 unspecified atom stereocenters. The maximum atomic E-state index is 5.58. The van der Waals surface area contributed by atoms with Gasteiger partial charge in [-0.15, -0.1) is 24.8 Å². The molecular weight excluding hydrogens is 331 g/mol. The molecule has 0 bridgehead atoms. The van der Waals surface area contributed by atoms with Crippen LogP contribution >= 0.6 is 24.8 Å². The molecule has 132 valence electrons.